The molecule has 0 rings (SSSR count). The van der Waals surface area contributed by atoms with E-state index in [1.165, 1.54) is 0 Å². The van der Waals surface area contributed by atoms with Gasteiger partial charge in [-0.15, -0.1) is 0 Å². The van der Waals surface area contributed by atoms with Crippen LogP contribution >= 0.6 is 0 Å². The minimum atomic E-state index is -0.619. The first-order chi connectivity index (χ1) is 7.11. The van der Waals surface area contributed by atoms with Gasteiger partial charge in [-0.25, -0.2) is 4.79 Å². The average Bonchev–Trinajstić information content (AvgIpc) is 1.98. The number of amides is 1. The summed E-state index contributed by atoms with van der Waals surface area (Å²) in [5.74, 6) is -0.608. The summed E-state index contributed by atoms with van der Waals surface area (Å²) >= 11 is 0. The van der Waals surface area contributed by atoms with Crippen molar-refractivity contribution in [2.45, 2.75) is 39.3 Å². The fourth-order valence-corrected chi connectivity index (χ4v) is 1.02. The Hall–Kier alpha value is -1.10. The lowest BCUT2D eigenvalue weighted by Gasteiger charge is -2.23. The molecule has 5 nitrogen and oxygen atoms in total. The molecule has 0 aliphatic rings. The smallest absolute Gasteiger partial charge is 0.328 e. The van der Waals surface area contributed by atoms with Crippen LogP contribution in [-0.4, -0.2) is 49.1 Å². The Labute approximate surface area is 97.1 Å². The Morgan fingerprint density at radius 1 is 1.31 bits per heavy atom. The van der Waals surface area contributed by atoms with Crippen molar-refractivity contribution in [2.75, 3.05) is 20.6 Å². The molecule has 0 aromatic rings. The van der Waals surface area contributed by atoms with Gasteiger partial charge in [0.25, 0.3) is 0 Å². The molecule has 0 heterocycles. The van der Waals surface area contributed by atoms with Gasteiger partial charge in [0.1, 0.15) is 11.6 Å². The van der Waals surface area contributed by atoms with Crippen LogP contribution in [0.4, 0.5) is 0 Å². The molecule has 1 amide bonds. The molecule has 1 N–H and O–H groups in total. The summed E-state index contributed by atoms with van der Waals surface area (Å²) in [6.45, 7) is 7.24. The minimum absolute atomic E-state index is 0.191. The van der Waals surface area contributed by atoms with Crippen molar-refractivity contribution in [3.63, 3.8) is 0 Å². The highest BCUT2D eigenvalue weighted by Gasteiger charge is 2.22. The van der Waals surface area contributed by atoms with E-state index in [4.69, 9.17) is 4.74 Å². The fraction of sp³-hybridized carbons (Fsp3) is 0.818. The molecule has 1 atom stereocenters. The van der Waals surface area contributed by atoms with Gasteiger partial charge in [0, 0.05) is 0 Å². The van der Waals surface area contributed by atoms with Gasteiger partial charge in [0.15, 0.2) is 0 Å². The van der Waals surface area contributed by atoms with Gasteiger partial charge in [0.2, 0.25) is 5.91 Å². The molecule has 0 unspecified atom stereocenters. The number of hydrogen-bond donors (Lipinski definition) is 1. The first-order valence-corrected chi connectivity index (χ1v) is 5.29. The van der Waals surface area contributed by atoms with Crippen LogP contribution in [0.5, 0.6) is 0 Å². The largest absolute Gasteiger partial charge is 0.458 e. The molecule has 16 heavy (non-hydrogen) atoms. The van der Waals surface area contributed by atoms with Crippen LogP contribution in [0, 0.1) is 0 Å². The monoisotopic (exact) mass is 230 g/mol. The van der Waals surface area contributed by atoms with E-state index in [2.05, 4.69) is 5.32 Å². The summed E-state index contributed by atoms with van der Waals surface area (Å²) in [7, 11) is 3.58. The van der Waals surface area contributed by atoms with Crippen molar-refractivity contribution in [2.24, 2.45) is 0 Å². The SMILES string of the molecule is C[C@@H](NC(=O)CN(C)C)C(=O)OC(C)(C)C. The predicted octanol–water partition coefficient (Wildman–Crippen LogP) is 0.394. The quantitative estimate of drug-likeness (QED) is 0.710. The topological polar surface area (TPSA) is 58.6 Å². The molecule has 0 bridgehead atoms. The van der Waals surface area contributed by atoms with Gasteiger partial charge in [-0.1, -0.05) is 0 Å². The summed E-state index contributed by atoms with van der Waals surface area (Å²) in [6.07, 6.45) is 0. The number of nitrogens with zero attached hydrogens (tertiary/aromatic N) is 1. The van der Waals surface area contributed by atoms with Gasteiger partial charge in [-0.05, 0) is 41.8 Å². The number of hydrogen-bond acceptors (Lipinski definition) is 4. The molecular weight excluding hydrogens is 208 g/mol. The third-order valence-electron chi connectivity index (χ3n) is 1.60. The zero-order valence-corrected chi connectivity index (χ0v) is 11.0. The lowest BCUT2D eigenvalue weighted by Crippen LogP contribution is -2.45. The van der Waals surface area contributed by atoms with Crippen LogP contribution in [0.15, 0.2) is 0 Å². The number of esters is 1. The summed E-state index contributed by atoms with van der Waals surface area (Å²) in [5.41, 5.74) is -0.530. The summed E-state index contributed by atoms with van der Waals surface area (Å²) < 4.78 is 5.14. The van der Waals surface area contributed by atoms with Crippen molar-refractivity contribution in [1.82, 2.24) is 10.2 Å². The second-order valence-electron chi connectivity index (χ2n) is 5.06. The summed E-state index contributed by atoms with van der Waals surface area (Å²) in [4.78, 5) is 24.6. The maximum Gasteiger partial charge on any atom is 0.328 e. The van der Waals surface area contributed by atoms with Gasteiger partial charge < -0.3 is 15.0 Å². The van der Waals surface area contributed by atoms with E-state index in [0.717, 1.165) is 0 Å². The normalized spacial score (nSPS) is 13.4. The summed E-state index contributed by atoms with van der Waals surface area (Å²) in [5, 5.41) is 2.58. The molecular formula is C11H22N2O3. The average molecular weight is 230 g/mol. The van der Waals surface area contributed by atoms with Crippen molar-refractivity contribution < 1.29 is 14.3 Å². The van der Waals surface area contributed by atoms with Crippen LogP contribution < -0.4 is 5.32 Å². The fourth-order valence-electron chi connectivity index (χ4n) is 1.02. The van der Waals surface area contributed by atoms with Crippen LogP contribution in [-0.2, 0) is 14.3 Å². The first kappa shape index (κ1) is 14.9. The van der Waals surface area contributed by atoms with E-state index >= 15 is 0 Å². The highest BCUT2D eigenvalue weighted by Crippen LogP contribution is 2.08. The molecule has 0 spiro atoms. The number of rotatable bonds is 4. The number of likely N-dealkylation sites (N-methyl/N-ethyl adjacent to an activating group) is 1. The zero-order chi connectivity index (χ0) is 12.9. The number of nitrogens with one attached hydrogen (secondary N) is 1. The molecule has 0 radical (unpaired) electrons. The standard InChI is InChI=1S/C11H22N2O3/c1-8(10(15)16-11(2,3)4)12-9(14)7-13(5)6/h8H,7H2,1-6H3,(H,12,14)/t8-/m1/s1. The van der Waals surface area contributed by atoms with Crippen LogP contribution in [0.25, 0.3) is 0 Å². The van der Waals surface area contributed by atoms with Crippen molar-refractivity contribution in [3.8, 4) is 0 Å². The van der Waals surface area contributed by atoms with E-state index in [-0.39, 0.29) is 12.5 Å². The van der Waals surface area contributed by atoms with E-state index < -0.39 is 17.6 Å². The van der Waals surface area contributed by atoms with Crippen LogP contribution in [0.1, 0.15) is 27.7 Å². The Bertz CT molecular complexity index is 256. The lowest BCUT2D eigenvalue weighted by molar-refractivity contribution is -0.158. The molecule has 0 aliphatic carbocycles. The Balaban J connectivity index is 4.11. The maximum atomic E-state index is 11.5. The van der Waals surface area contributed by atoms with E-state index in [9.17, 15) is 9.59 Å². The third-order valence-corrected chi connectivity index (χ3v) is 1.60. The third kappa shape index (κ3) is 7.23. The Morgan fingerprint density at radius 2 is 1.81 bits per heavy atom. The predicted molar refractivity (Wildman–Crippen MR) is 62.0 cm³/mol. The van der Waals surface area contributed by atoms with Crippen LogP contribution in [0.2, 0.25) is 0 Å². The first-order valence-electron chi connectivity index (χ1n) is 5.29. The second-order valence-corrected chi connectivity index (χ2v) is 5.06. The Kier molecular flexibility index (Phi) is 5.44. The molecule has 94 valence electrons. The molecule has 0 aliphatic heterocycles. The van der Waals surface area contributed by atoms with Crippen molar-refractivity contribution in [1.29, 1.82) is 0 Å². The molecule has 0 fully saturated rings. The minimum Gasteiger partial charge on any atom is -0.458 e. The van der Waals surface area contributed by atoms with Gasteiger partial charge in [-0.3, -0.25) is 4.79 Å². The number of carbonyl (C=O) groups is 2. The number of ether oxygens (including phenoxy) is 1. The second kappa shape index (κ2) is 5.84. The van der Waals surface area contributed by atoms with Gasteiger partial charge >= 0.3 is 5.97 Å². The number of carbonyl (C=O) groups excluding carboxylic acids is 2. The highest BCUT2D eigenvalue weighted by molar-refractivity contribution is 5.85. The van der Waals surface area contributed by atoms with Crippen molar-refractivity contribution >= 4 is 11.9 Å². The highest BCUT2D eigenvalue weighted by atomic mass is 16.6. The molecule has 0 saturated heterocycles. The van der Waals surface area contributed by atoms with Crippen LogP contribution in [0.3, 0.4) is 0 Å². The Morgan fingerprint density at radius 3 is 2.19 bits per heavy atom. The molecule has 0 saturated carbocycles. The lowest BCUT2D eigenvalue weighted by atomic mass is 10.2. The van der Waals surface area contributed by atoms with E-state index in [1.54, 1.807) is 46.7 Å². The molecule has 0 aromatic carbocycles. The van der Waals surface area contributed by atoms with Gasteiger partial charge in [0.05, 0.1) is 6.54 Å². The molecule has 5 heteroatoms. The summed E-state index contributed by atoms with van der Waals surface area (Å²) in [6, 6.07) is -0.619. The van der Waals surface area contributed by atoms with E-state index in [1.807, 2.05) is 0 Å². The zero-order valence-electron chi connectivity index (χ0n) is 11.0. The van der Waals surface area contributed by atoms with Gasteiger partial charge in [-0.2, -0.15) is 0 Å². The van der Waals surface area contributed by atoms with Crippen molar-refractivity contribution in [3.05, 3.63) is 0 Å². The maximum absolute atomic E-state index is 11.5. The van der Waals surface area contributed by atoms with E-state index in [0.29, 0.717) is 0 Å². The molecule has 0 aromatic heterocycles.